The summed E-state index contributed by atoms with van der Waals surface area (Å²) in [6.07, 6.45) is -3.78. The van der Waals surface area contributed by atoms with Gasteiger partial charge in [0.2, 0.25) is 5.91 Å². The molecule has 0 spiro atoms. The summed E-state index contributed by atoms with van der Waals surface area (Å²) < 4.78 is 70.5. The van der Waals surface area contributed by atoms with Crippen LogP contribution < -0.4 is 21.3 Å². The predicted molar refractivity (Wildman–Crippen MR) is 151 cm³/mol. The molecule has 42 heavy (non-hydrogen) atoms. The SMILES string of the molecule is CCS(=O)(=O)c1ccc(Cl)cc1Cn1c(=O)[nH]c2c(Cl)c(CN3CCCC(NC(C)=O)C3)c(OC(F)(F)F)cc2c1=O. The first-order valence-electron chi connectivity index (χ1n) is 12.8. The standard InChI is InChI=1S/C26H27Cl2F3N4O6S/c1-3-42(39,40)21-7-6-16(27)9-15(21)11-35-24(37)18-10-20(41-26(29,30)31)19(22(28)23(18)33-25(35)38)13-34-8-4-5-17(12-34)32-14(2)36/h6-7,9-10,17H,3-5,8,11-13H2,1-2H3,(H,32,36)(H,33,38). The van der Waals surface area contributed by atoms with Crippen molar-refractivity contribution in [1.29, 1.82) is 0 Å². The Morgan fingerprint density at radius 2 is 1.90 bits per heavy atom. The van der Waals surface area contributed by atoms with Gasteiger partial charge in [-0.1, -0.05) is 30.1 Å². The van der Waals surface area contributed by atoms with Gasteiger partial charge in [-0.3, -0.25) is 19.1 Å². The highest BCUT2D eigenvalue weighted by atomic mass is 35.5. The van der Waals surface area contributed by atoms with E-state index < -0.39 is 39.7 Å². The van der Waals surface area contributed by atoms with Crippen molar-refractivity contribution in [3.05, 3.63) is 66.3 Å². The predicted octanol–water partition coefficient (Wildman–Crippen LogP) is 3.84. The van der Waals surface area contributed by atoms with Gasteiger partial charge < -0.3 is 15.0 Å². The molecule has 2 aromatic carbocycles. The van der Waals surface area contributed by atoms with Gasteiger partial charge in [-0.25, -0.2) is 13.2 Å². The Hall–Kier alpha value is -3.07. The minimum Gasteiger partial charge on any atom is -0.405 e. The summed E-state index contributed by atoms with van der Waals surface area (Å²) in [5.74, 6) is -1.23. The molecule has 1 aliphatic heterocycles. The summed E-state index contributed by atoms with van der Waals surface area (Å²) in [4.78, 5) is 42.2. The number of hydrogen-bond donors (Lipinski definition) is 2. The van der Waals surface area contributed by atoms with Crippen molar-refractivity contribution in [3.8, 4) is 5.75 Å². The summed E-state index contributed by atoms with van der Waals surface area (Å²) in [5.41, 5.74) is -2.24. The Kier molecular flexibility index (Phi) is 9.31. The van der Waals surface area contributed by atoms with Crippen LogP contribution in [-0.2, 0) is 27.7 Å². The number of sulfone groups is 1. The molecule has 10 nitrogen and oxygen atoms in total. The van der Waals surface area contributed by atoms with E-state index in [2.05, 4.69) is 15.0 Å². The number of fused-ring (bicyclic) bond motifs is 1. The summed E-state index contributed by atoms with van der Waals surface area (Å²) in [7, 11) is -3.78. The molecule has 4 rings (SSSR count). The number of carbonyl (C=O) groups is 1. The van der Waals surface area contributed by atoms with Gasteiger partial charge in [0.1, 0.15) is 5.75 Å². The van der Waals surface area contributed by atoms with E-state index in [1.54, 1.807) is 4.90 Å². The van der Waals surface area contributed by atoms with E-state index in [1.165, 1.54) is 32.0 Å². The number of benzene rings is 2. The molecule has 0 bridgehead atoms. The van der Waals surface area contributed by atoms with Crippen molar-refractivity contribution in [2.75, 3.05) is 18.8 Å². The van der Waals surface area contributed by atoms with Crippen LogP contribution in [0.2, 0.25) is 10.0 Å². The van der Waals surface area contributed by atoms with Gasteiger partial charge in [0.25, 0.3) is 5.56 Å². The molecule has 228 valence electrons. The van der Waals surface area contributed by atoms with Gasteiger partial charge in [0, 0.05) is 36.6 Å². The summed E-state index contributed by atoms with van der Waals surface area (Å²) in [6.45, 7) is 2.97. The Labute approximate surface area is 248 Å². The van der Waals surface area contributed by atoms with Crippen molar-refractivity contribution < 1.29 is 31.1 Å². The molecule has 1 saturated heterocycles. The maximum atomic E-state index is 13.5. The average molecular weight is 651 g/mol. The molecule has 2 N–H and O–H groups in total. The van der Waals surface area contributed by atoms with Crippen molar-refractivity contribution in [2.24, 2.45) is 0 Å². The van der Waals surface area contributed by atoms with Crippen LogP contribution in [0.15, 0.2) is 38.8 Å². The van der Waals surface area contributed by atoms with E-state index in [-0.39, 0.29) is 61.2 Å². The fourth-order valence-corrected chi connectivity index (χ4v) is 6.61. The fourth-order valence-electron chi connectivity index (χ4n) is 5.01. The zero-order valence-corrected chi connectivity index (χ0v) is 24.8. The normalized spacial score (nSPS) is 16.5. The van der Waals surface area contributed by atoms with Gasteiger partial charge in [-0.15, -0.1) is 13.2 Å². The lowest BCUT2D eigenvalue weighted by atomic mass is 10.0. The third-order valence-corrected chi connectivity index (χ3v) is 9.35. The van der Waals surface area contributed by atoms with Crippen LogP contribution >= 0.6 is 23.2 Å². The molecule has 1 amide bonds. The van der Waals surface area contributed by atoms with Crippen LogP contribution in [-0.4, -0.2) is 60.0 Å². The van der Waals surface area contributed by atoms with Gasteiger partial charge in [0.05, 0.1) is 33.1 Å². The fraction of sp³-hybridized carbons (Fsp3) is 0.423. The van der Waals surface area contributed by atoms with E-state index in [1.807, 2.05) is 0 Å². The number of amides is 1. The molecule has 0 aliphatic carbocycles. The Morgan fingerprint density at radius 3 is 2.55 bits per heavy atom. The zero-order chi connectivity index (χ0) is 31.0. The van der Waals surface area contributed by atoms with Crippen LogP contribution in [0.5, 0.6) is 5.75 Å². The Morgan fingerprint density at radius 1 is 1.19 bits per heavy atom. The lowest BCUT2D eigenvalue weighted by molar-refractivity contribution is -0.274. The summed E-state index contributed by atoms with van der Waals surface area (Å²) >= 11 is 12.6. The van der Waals surface area contributed by atoms with Crippen molar-refractivity contribution in [3.63, 3.8) is 0 Å². The molecule has 1 atom stereocenters. The first-order valence-corrected chi connectivity index (χ1v) is 15.2. The number of piperidine rings is 1. The number of H-pyrrole nitrogens is 1. The highest BCUT2D eigenvalue weighted by Gasteiger charge is 2.34. The molecule has 3 aromatic rings. The highest BCUT2D eigenvalue weighted by Crippen LogP contribution is 2.37. The lowest BCUT2D eigenvalue weighted by Crippen LogP contribution is -2.46. The van der Waals surface area contributed by atoms with Gasteiger partial charge in [0.15, 0.2) is 9.84 Å². The summed E-state index contributed by atoms with van der Waals surface area (Å²) in [6, 6.07) is 4.54. The van der Waals surface area contributed by atoms with Crippen LogP contribution in [0.4, 0.5) is 13.2 Å². The van der Waals surface area contributed by atoms with Gasteiger partial charge >= 0.3 is 12.1 Å². The van der Waals surface area contributed by atoms with Crippen molar-refractivity contribution in [2.45, 2.75) is 57.1 Å². The van der Waals surface area contributed by atoms with E-state index in [9.17, 15) is 36.0 Å². The molecule has 2 heterocycles. The topological polar surface area (TPSA) is 131 Å². The Balaban J connectivity index is 1.83. The number of nitrogens with one attached hydrogen (secondary N) is 2. The number of nitrogens with zero attached hydrogens (tertiary/aromatic N) is 2. The van der Waals surface area contributed by atoms with E-state index in [4.69, 9.17) is 23.2 Å². The van der Waals surface area contributed by atoms with E-state index in [0.29, 0.717) is 30.5 Å². The maximum Gasteiger partial charge on any atom is 0.573 e. The molecular weight excluding hydrogens is 624 g/mol. The first kappa shape index (κ1) is 31.9. The number of halogens is 5. The highest BCUT2D eigenvalue weighted by molar-refractivity contribution is 7.91. The Bertz CT molecular complexity index is 1760. The first-order chi connectivity index (χ1) is 19.6. The lowest BCUT2D eigenvalue weighted by Gasteiger charge is -2.33. The second kappa shape index (κ2) is 12.3. The number of aromatic nitrogens is 2. The largest absolute Gasteiger partial charge is 0.573 e. The molecule has 16 heteroatoms. The molecule has 0 radical (unpaired) electrons. The molecule has 1 aromatic heterocycles. The number of aromatic amines is 1. The monoisotopic (exact) mass is 650 g/mol. The van der Waals surface area contributed by atoms with Crippen LogP contribution in [0.3, 0.4) is 0 Å². The number of carbonyl (C=O) groups excluding carboxylic acids is 1. The minimum atomic E-state index is -5.13. The maximum absolute atomic E-state index is 13.5. The third-order valence-electron chi connectivity index (χ3n) is 6.87. The van der Waals surface area contributed by atoms with Crippen LogP contribution in [0.1, 0.15) is 37.8 Å². The van der Waals surface area contributed by atoms with Crippen LogP contribution in [0, 0.1) is 0 Å². The summed E-state index contributed by atoms with van der Waals surface area (Å²) in [5, 5.41) is 2.26. The molecule has 1 unspecified atom stereocenters. The molecule has 1 fully saturated rings. The second-order valence-corrected chi connectivity index (χ2v) is 13.0. The van der Waals surface area contributed by atoms with E-state index >= 15 is 0 Å². The third kappa shape index (κ3) is 7.10. The van der Waals surface area contributed by atoms with Crippen molar-refractivity contribution >= 4 is 49.8 Å². The number of ether oxygens (including phenoxy) is 1. The number of rotatable bonds is 8. The second-order valence-electron chi connectivity index (χ2n) is 9.89. The molecule has 1 aliphatic rings. The van der Waals surface area contributed by atoms with E-state index in [0.717, 1.165) is 6.07 Å². The average Bonchev–Trinajstić information content (AvgIpc) is 2.88. The number of likely N-dealkylation sites (tertiary alicyclic amines) is 1. The zero-order valence-electron chi connectivity index (χ0n) is 22.5. The van der Waals surface area contributed by atoms with Crippen molar-refractivity contribution in [1.82, 2.24) is 19.8 Å². The molecular formula is C26H27Cl2F3N4O6S. The quantitative estimate of drug-likeness (QED) is 0.379. The van der Waals surface area contributed by atoms with Gasteiger partial charge in [-0.2, -0.15) is 0 Å². The van der Waals surface area contributed by atoms with Crippen LogP contribution in [0.25, 0.3) is 10.9 Å². The smallest absolute Gasteiger partial charge is 0.405 e. The molecule has 0 saturated carbocycles. The van der Waals surface area contributed by atoms with Gasteiger partial charge in [-0.05, 0) is 49.2 Å². The number of alkyl halides is 3. The number of hydrogen-bond acceptors (Lipinski definition) is 7. The minimum absolute atomic E-state index is 0.0459.